The highest BCUT2D eigenvalue weighted by Gasteiger charge is 2.11. The van der Waals surface area contributed by atoms with Gasteiger partial charge in [-0.25, -0.2) is 9.98 Å². The number of alkyl halides is 2. The molecule has 6 nitrogen and oxygen atoms in total. The zero-order chi connectivity index (χ0) is 20.8. The van der Waals surface area contributed by atoms with Gasteiger partial charge in [0.25, 0.3) is 0 Å². The second-order valence-electron chi connectivity index (χ2n) is 6.61. The molecule has 0 bridgehead atoms. The average Bonchev–Trinajstić information content (AvgIpc) is 3.01. The van der Waals surface area contributed by atoms with Gasteiger partial charge in [0.2, 0.25) is 0 Å². The van der Waals surface area contributed by atoms with Gasteiger partial charge in [-0.15, -0.1) is 24.0 Å². The van der Waals surface area contributed by atoms with Gasteiger partial charge in [-0.1, -0.05) is 29.8 Å². The molecule has 0 saturated heterocycles. The quantitative estimate of drug-likeness (QED) is 0.272. The van der Waals surface area contributed by atoms with Crippen LogP contribution in [0.5, 0.6) is 5.75 Å². The van der Waals surface area contributed by atoms with Gasteiger partial charge in [-0.05, 0) is 32.0 Å². The molecule has 0 spiro atoms. The molecule has 2 aromatic carbocycles. The van der Waals surface area contributed by atoms with Crippen molar-refractivity contribution in [2.45, 2.75) is 33.5 Å². The first-order valence-corrected chi connectivity index (χ1v) is 9.44. The van der Waals surface area contributed by atoms with Gasteiger partial charge >= 0.3 is 6.61 Å². The minimum Gasteiger partial charge on any atom is -0.434 e. The lowest BCUT2D eigenvalue weighted by atomic mass is 10.1. The number of ether oxygens (including phenoxy) is 1. The zero-order valence-corrected chi connectivity index (χ0v) is 19.5. The van der Waals surface area contributed by atoms with Crippen molar-refractivity contribution in [2.75, 3.05) is 6.54 Å². The molecule has 0 atom stereocenters. The van der Waals surface area contributed by atoms with Crippen LogP contribution in [0.3, 0.4) is 0 Å². The highest BCUT2D eigenvalue weighted by Crippen LogP contribution is 2.23. The van der Waals surface area contributed by atoms with Crippen molar-refractivity contribution < 1.29 is 13.5 Å². The Bertz CT molecular complexity index is 1010. The maximum Gasteiger partial charge on any atom is 0.387 e. The van der Waals surface area contributed by atoms with Gasteiger partial charge < -0.3 is 19.9 Å². The molecule has 0 aliphatic carbocycles. The third-order valence-electron chi connectivity index (χ3n) is 4.48. The van der Waals surface area contributed by atoms with Crippen LogP contribution in [0.1, 0.15) is 23.9 Å². The van der Waals surface area contributed by atoms with Gasteiger partial charge in [-0.2, -0.15) is 8.78 Å². The van der Waals surface area contributed by atoms with Crippen molar-refractivity contribution in [3.8, 4) is 5.75 Å². The summed E-state index contributed by atoms with van der Waals surface area (Å²) < 4.78 is 32.0. The number of aryl methyl sites for hydroxylation is 2. The molecule has 9 heteroatoms. The number of hydrogen-bond acceptors (Lipinski definition) is 3. The lowest BCUT2D eigenvalue weighted by Crippen LogP contribution is -2.37. The molecule has 30 heavy (non-hydrogen) atoms. The van der Waals surface area contributed by atoms with Gasteiger partial charge in [0.15, 0.2) is 5.96 Å². The monoisotopic (exact) mass is 529 g/mol. The summed E-state index contributed by atoms with van der Waals surface area (Å²) in [7, 11) is 1.97. The Labute approximate surface area is 191 Å². The number of para-hydroxylation sites is 2. The minimum absolute atomic E-state index is 0. The molecule has 0 radical (unpaired) electrons. The molecule has 162 valence electrons. The van der Waals surface area contributed by atoms with Crippen molar-refractivity contribution in [3.63, 3.8) is 0 Å². The van der Waals surface area contributed by atoms with E-state index < -0.39 is 6.61 Å². The second kappa shape index (κ2) is 11.1. The highest BCUT2D eigenvalue weighted by atomic mass is 127. The van der Waals surface area contributed by atoms with Gasteiger partial charge in [0, 0.05) is 19.2 Å². The molecule has 0 unspecified atom stereocenters. The second-order valence-corrected chi connectivity index (χ2v) is 6.61. The Morgan fingerprint density at radius 1 is 1.20 bits per heavy atom. The Morgan fingerprint density at radius 3 is 2.67 bits per heavy atom. The van der Waals surface area contributed by atoms with Crippen LogP contribution in [0.4, 0.5) is 8.78 Å². The Morgan fingerprint density at radius 2 is 1.97 bits per heavy atom. The first-order chi connectivity index (χ1) is 14.0. The van der Waals surface area contributed by atoms with Crippen molar-refractivity contribution in [3.05, 3.63) is 59.4 Å². The smallest absolute Gasteiger partial charge is 0.387 e. The third-order valence-corrected chi connectivity index (χ3v) is 4.48. The number of fused-ring (bicyclic) bond motifs is 1. The van der Waals surface area contributed by atoms with E-state index >= 15 is 0 Å². The SMILES string of the molecule is CCNC(=NCc1cc(C)ccc1OC(F)F)NCc1nc2ccccc2n1C.I. The summed E-state index contributed by atoms with van der Waals surface area (Å²) in [5, 5.41) is 6.41. The number of benzene rings is 2. The number of hydrogen-bond donors (Lipinski definition) is 2. The first-order valence-electron chi connectivity index (χ1n) is 9.44. The van der Waals surface area contributed by atoms with E-state index in [1.165, 1.54) is 0 Å². The number of rotatable bonds is 7. The first kappa shape index (κ1) is 23.8. The van der Waals surface area contributed by atoms with E-state index in [0.717, 1.165) is 22.4 Å². The molecule has 3 aromatic rings. The predicted molar refractivity (Wildman–Crippen MR) is 126 cm³/mol. The third kappa shape index (κ3) is 6.04. The summed E-state index contributed by atoms with van der Waals surface area (Å²) in [6.07, 6.45) is 0. The molecule has 1 aromatic heterocycles. The maximum atomic E-state index is 12.7. The molecule has 0 fully saturated rings. The highest BCUT2D eigenvalue weighted by molar-refractivity contribution is 14.0. The van der Waals surface area contributed by atoms with E-state index in [1.807, 2.05) is 49.7 Å². The van der Waals surface area contributed by atoms with Crippen LogP contribution in [0.15, 0.2) is 47.5 Å². The van der Waals surface area contributed by atoms with E-state index in [9.17, 15) is 8.78 Å². The number of halogens is 3. The fourth-order valence-electron chi connectivity index (χ4n) is 3.07. The lowest BCUT2D eigenvalue weighted by Gasteiger charge is -2.13. The van der Waals surface area contributed by atoms with Crippen LogP contribution < -0.4 is 15.4 Å². The van der Waals surface area contributed by atoms with E-state index in [0.29, 0.717) is 24.6 Å². The van der Waals surface area contributed by atoms with Crippen molar-refractivity contribution in [2.24, 2.45) is 12.0 Å². The zero-order valence-electron chi connectivity index (χ0n) is 17.2. The van der Waals surface area contributed by atoms with Crippen LogP contribution in [0.25, 0.3) is 11.0 Å². The van der Waals surface area contributed by atoms with Gasteiger partial charge in [0.05, 0.1) is 24.1 Å². The molecular formula is C21H26F2IN5O. The molecular weight excluding hydrogens is 503 g/mol. The molecule has 0 aliphatic rings. The Hall–Kier alpha value is -2.43. The molecule has 0 amide bonds. The van der Waals surface area contributed by atoms with Crippen molar-refractivity contribution in [1.82, 2.24) is 20.2 Å². The van der Waals surface area contributed by atoms with Crippen LogP contribution in [-0.4, -0.2) is 28.7 Å². The molecule has 0 saturated carbocycles. The summed E-state index contributed by atoms with van der Waals surface area (Å²) >= 11 is 0. The van der Waals surface area contributed by atoms with Crippen molar-refractivity contribution >= 4 is 41.0 Å². The summed E-state index contributed by atoms with van der Waals surface area (Å²) in [5.41, 5.74) is 3.54. The summed E-state index contributed by atoms with van der Waals surface area (Å²) in [6, 6.07) is 13.0. The van der Waals surface area contributed by atoms with E-state index in [1.54, 1.807) is 18.2 Å². The van der Waals surface area contributed by atoms with Crippen LogP contribution in [-0.2, 0) is 20.1 Å². The fourth-order valence-corrected chi connectivity index (χ4v) is 3.07. The summed E-state index contributed by atoms with van der Waals surface area (Å²) in [4.78, 5) is 9.16. The largest absolute Gasteiger partial charge is 0.434 e. The predicted octanol–water partition coefficient (Wildman–Crippen LogP) is 4.36. The van der Waals surface area contributed by atoms with Crippen LogP contribution >= 0.6 is 24.0 Å². The number of aliphatic imine (C=N–C) groups is 1. The molecule has 1 heterocycles. The van der Waals surface area contributed by atoms with E-state index in [2.05, 4.69) is 25.3 Å². The topological polar surface area (TPSA) is 63.5 Å². The van der Waals surface area contributed by atoms with E-state index in [-0.39, 0.29) is 36.3 Å². The number of guanidine groups is 1. The summed E-state index contributed by atoms with van der Waals surface area (Å²) in [6.45, 7) is 2.35. The van der Waals surface area contributed by atoms with Crippen LogP contribution in [0.2, 0.25) is 0 Å². The number of nitrogens with one attached hydrogen (secondary N) is 2. The Kier molecular flexibility index (Phi) is 8.82. The minimum atomic E-state index is -2.87. The standard InChI is InChI=1S/C21H25F2N5O.HI/c1-4-24-21(25-12-15-11-14(2)9-10-18(15)29-20(22)23)26-13-19-27-16-7-5-6-8-17(16)28(19)3;/h5-11,20H,4,12-13H2,1-3H3,(H2,24,25,26);1H. The summed E-state index contributed by atoms with van der Waals surface area (Å²) in [5.74, 6) is 1.58. The molecule has 3 rings (SSSR count). The lowest BCUT2D eigenvalue weighted by molar-refractivity contribution is -0.0504. The van der Waals surface area contributed by atoms with E-state index in [4.69, 9.17) is 0 Å². The van der Waals surface area contributed by atoms with Crippen molar-refractivity contribution in [1.29, 1.82) is 0 Å². The Balaban J connectivity index is 0.00000320. The van der Waals surface area contributed by atoms with Crippen LogP contribution in [0, 0.1) is 6.92 Å². The normalized spacial score (nSPS) is 11.5. The van der Waals surface area contributed by atoms with Gasteiger partial charge in [-0.3, -0.25) is 0 Å². The van der Waals surface area contributed by atoms with Gasteiger partial charge in [0.1, 0.15) is 11.6 Å². The number of aromatic nitrogens is 2. The number of imidazole rings is 1. The average molecular weight is 529 g/mol. The fraction of sp³-hybridized carbons (Fsp3) is 0.333. The number of nitrogens with zero attached hydrogens (tertiary/aromatic N) is 3. The maximum absolute atomic E-state index is 12.7. The molecule has 0 aliphatic heterocycles. The molecule has 2 N–H and O–H groups in total.